The van der Waals surface area contributed by atoms with Gasteiger partial charge in [-0.05, 0) is 43.9 Å². The molecule has 1 atom stereocenters. The summed E-state index contributed by atoms with van der Waals surface area (Å²) in [5.41, 5.74) is 0.554. The summed E-state index contributed by atoms with van der Waals surface area (Å²) in [5.74, 6) is 0.551. The monoisotopic (exact) mass is 476 g/mol. The van der Waals surface area contributed by atoms with Crippen LogP contribution in [0.2, 0.25) is 5.02 Å². The maximum atomic E-state index is 13.3. The molecule has 1 aromatic rings. The smallest absolute Gasteiger partial charge is 0.255 e. The maximum Gasteiger partial charge on any atom is 0.255 e. The molecular formula is C25H37ClN4O3. The number of carbonyl (C=O) groups excluding carboxylic acids is 2. The summed E-state index contributed by atoms with van der Waals surface area (Å²) in [7, 11) is 0. The number of nitrogens with one attached hydrogen (secondary N) is 1. The zero-order valence-electron chi connectivity index (χ0n) is 19.5. The lowest BCUT2D eigenvalue weighted by Gasteiger charge is -2.41. The molecule has 3 aliphatic rings. The number of amides is 2. The van der Waals surface area contributed by atoms with Crippen molar-refractivity contribution in [2.45, 2.75) is 38.1 Å². The number of nitrogens with zero attached hydrogens (tertiary/aromatic N) is 3. The minimum absolute atomic E-state index is 0.0229. The molecule has 33 heavy (non-hydrogen) atoms. The number of carbonyl (C=O) groups is 2. The molecule has 2 heterocycles. The van der Waals surface area contributed by atoms with E-state index in [4.69, 9.17) is 16.3 Å². The number of benzene rings is 1. The predicted octanol–water partition coefficient (Wildman–Crippen LogP) is 2.50. The first-order valence-corrected chi connectivity index (χ1v) is 12.9. The van der Waals surface area contributed by atoms with Gasteiger partial charge in [-0.25, -0.2) is 0 Å². The molecule has 182 valence electrons. The predicted molar refractivity (Wildman–Crippen MR) is 130 cm³/mol. The number of halogens is 1. The largest absolute Gasteiger partial charge is 0.379 e. The quantitative estimate of drug-likeness (QED) is 0.584. The normalized spacial score (nSPS) is 21.8. The van der Waals surface area contributed by atoms with E-state index in [0.717, 1.165) is 65.2 Å². The fraction of sp³-hybridized carbons (Fsp3) is 0.680. The highest BCUT2D eigenvalue weighted by molar-refractivity contribution is 6.33. The molecule has 7 nitrogen and oxygen atoms in total. The molecule has 1 N–H and O–H groups in total. The van der Waals surface area contributed by atoms with E-state index in [2.05, 4.69) is 15.1 Å². The van der Waals surface area contributed by atoms with E-state index in [9.17, 15) is 9.59 Å². The number of rotatable bonds is 8. The maximum absolute atomic E-state index is 13.3. The van der Waals surface area contributed by atoms with Crippen LogP contribution in [0.1, 0.15) is 42.5 Å². The van der Waals surface area contributed by atoms with Crippen molar-refractivity contribution in [2.75, 3.05) is 65.6 Å². The van der Waals surface area contributed by atoms with Gasteiger partial charge in [0.15, 0.2) is 0 Å². The lowest BCUT2D eigenvalue weighted by Crippen LogP contribution is -2.58. The fourth-order valence-electron chi connectivity index (χ4n) is 5.40. The van der Waals surface area contributed by atoms with Gasteiger partial charge in [-0.1, -0.05) is 36.6 Å². The summed E-state index contributed by atoms with van der Waals surface area (Å²) in [4.78, 5) is 32.8. The Morgan fingerprint density at radius 2 is 1.73 bits per heavy atom. The lowest BCUT2D eigenvalue weighted by atomic mass is 9.95. The molecule has 4 rings (SSSR count). The van der Waals surface area contributed by atoms with Crippen LogP contribution in [0.25, 0.3) is 0 Å². The summed E-state index contributed by atoms with van der Waals surface area (Å²) < 4.78 is 5.41. The van der Waals surface area contributed by atoms with Crippen LogP contribution >= 0.6 is 11.6 Å². The zero-order valence-corrected chi connectivity index (χ0v) is 20.3. The first kappa shape index (κ1) is 24.5. The third-order valence-electron chi connectivity index (χ3n) is 7.27. The zero-order chi connectivity index (χ0) is 23.0. The van der Waals surface area contributed by atoms with Gasteiger partial charge in [-0.3, -0.25) is 19.4 Å². The molecule has 1 unspecified atom stereocenters. The molecule has 1 aliphatic carbocycles. The second-order valence-electron chi connectivity index (χ2n) is 9.40. The summed E-state index contributed by atoms with van der Waals surface area (Å²) in [6, 6.07) is 7.12. The van der Waals surface area contributed by atoms with Crippen LogP contribution < -0.4 is 5.32 Å². The van der Waals surface area contributed by atoms with Crippen molar-refractivity contribution < 1.29 is 14.3 Å². The van der Waals surface area contributed by atoms with Crippen molar-refractivity contribution >= 4 is 23.4 Å². The summed E-state index contributed by atoms with van der Waals surface area (Å²) in [6.45, 7) is 7.98. The highest BCUT2D eigenvalue weighted by Crippen LogP contribution is 2.31. The van der Waals surface area contributed by atoms with E-state index < -0.39 is 0 Å². The Balaban J connectivity index is 1.29. The van der Waals surface area contributed by atoms with Gasteiger partial charge in [0.2, 0.25) is 5.91 Å². The van der Waals surface area contributed by atoms with Gasteiger partial charge in [-0.15, -0.1) is 0 Å². The SMILES string of the molecule is O=C(NCCCN1CCOCC1)C(C1CCCC1)N1CCN(C(=O)c2ccccc2Cl)CC1. The molecule has 0 bridgehead atoms. The summed E-state index contributed by atoms with van der Waals surface area (Å²) in [6.07, 6.45) is 5.60. The van der Waals surface area contributed by atoms with E-state index in [0.29, 0.717) is 36.1 Å². The van der Waals surface area contributed by atoms with Gasteiger partial charge in [0, 0.05) is 45.8 Å². The number of piperazine rings is 1. The van der Waals surface area contributed by atoms with Crippen LogP contribution in [0.4, 0.5) is 0 Å². The van der Waals surface area contributed by atoms with E-state index in [1.165, 1.54) is 12.8 Å². The molecule has 2 amide bonds. The number of morpholine rings is 1. The lowest BCUT2D eigenvalue weighted by molar-refractivity contribution is -0.129. The van der Waals surface area contributed by atoms with Crippen LogP contribution in [0, 0.1) is 5.92 Å². The Kier molecular flexibility index (Phi) is 9.01. The van der Waals surface area contributed by atoms with Gasteiger partial charge in [0.25, 0.3) is 5.91 Å². The molecule has 0 aromatic heterocycles. The molecule has 1 saturated carbocycles. The van der Waals surface area contributed by atoms with Gasteiger partial charge in [-0.2, -0.15) is 0 Å². The van der Waals surface area contributed by atoms with Crippen molar-refractivity contribution in [3.63, 3.8) is 0 Å². The third-order valence-corrected chi connectivity index (χ3v) is 7.60. The first-order valence-electron chi connectivity index (χ1n) is 12.5. The Bertz CT molecular complexity index is 788. The molecule has 2 saturated heterocycles. The van der Waals surface area contributed by atoms with Gasteiger partial charge in [0.1, 0.15) is 0 Å². The first-order chi connectivity index (χ1) is 16.1. The summed E-state index contributed by atoms with van der Waals surface area (Å²) in [5, 5.41) is 3.72. The van der Waals surface area contributed by atoms with Crippen molar-refractivity contribution in [1.82, 2.24) is 20.0 Å². The average Bonchev–Trinajstić information content (AvgIpc) is 3.37. The highest BCUT2D eigenvalue weighted by Gasteiger charge is 2.37. The Morgan fingerprint density at radius 1 is 1.03 bits per heavy atom. The van der Waals surface area contributed by atoms with E-state index >= 15 is 0 Å². The van der Waals surface area contributed by atoms with E-state index in [1.54, 1.807) is 12.1 Å². The molecule has 0 radical (unpaired) electrons. The Morgan fingerprint density at radius 3 is 2.42 bits per heavy atom. The second kappa shape index (κ2) is 12.2. The summed E-state index contributed by atoms with van der Waals surface area (Å²) >= 11 is 6.24. The number of ether oxygens (including phenoxy) is 1. The second-order valence-corrected chi connectivity index (χ2v) is 9.80. The minimum Gasteiger partial charge on any atom is -0.379 e. The van der Waals surface area contributed by atoms with Crippen LogP contribution in [0.15, 0.2) is 24.3 Å². The molecule has 1 aromatic carbocycles. The topological polar surface area (TPSA) is 65.1 Å². The third kappa shape index (κ3) is 6.47. The molecular weight excluding hydrogens is 440 g/mol. The van der Waals surface area contributed by atoms with Crippen molar-refractivity contribution in [1.29, 1.82) is 0 Å². The average molecular weight is 477 g/mol. The number of hydrogen-bond acceptors (Lipinski definition) is 5. The Hall–Kier alpha value is -1.67. The van der Waals surface area contributed by atoms with E-state index in [-0.39, 0.29) is 17.9 Å². The minimum atomic E-state index is -0.0894. The Labute approximate surface area is 202 Å². The van der Waals surface area contributed by atoms with Crippen molar-refractivity contribution in [3.8, 4) is 0 Å². The van der Waals surface area contributed by atoms with Gasteiger partial charge >= 0.3 is 0 Å². The van der Waals surface area contributed by atoms with Crippen LogP contribution in [0.3, 0.4) is 0 Å². The van der Waals surface area contributed by atoms with Crippen molar-refractivity contribution in [2.24, 2.45) is 5.92 Å². The number of hydrogen-bond donors (Lipinski definition) is 1. The van der Waals surface area contributed by atoms with Crippen molar-refractivity contribution in [3.05, 3.63) is 34.9 Å². The molecule has 2 aliphatic heterocycles. The standard InChI is InChI=1S/C25H37ClN4O3/c26-22-9-4-3-8-21(22)25(32)30-14-12-29(13-15-30)23(20-6-1-2-7-20)24(31)27-10-5-11-28-16-18-33-19-17-28/h3-4,8-9,20,23H,1-2,5-7,10-19H2,(H,27,31). The molecule has 0 spiro atoms. The van der Waals surface area contributed by atoms with Crippen LogP contribution in [0.5, 0.6) is 0 Å². The highest BCUT2D eigenvalue weighted by atomic mass is 35.5. The molecule has 3 fully saturated rings. The fourth-order valence-corrected chi connectivity index (χ4v) is 5.62. The molecule has 8 heteroatoms. The van der Waals surface area contributed by atoms with Crippen LogP contribution in [-0.4, -0.2) is 98.1 Å². The van der Waals surface area contributed by atoms with Crippen LogP contribution in [-0.2, 0) is 9.53 Å². The van der Waals surface area contributed by atoms with Gasteiger partial charge in [0.05, 0.1) is 29.8 Å². The van der Waals surface area contributed by atoms with Gasteiger partial charge < -0.3 is 15.0 Å². The van der Waals surface area contributed by atoms with E-state index in [1.807, 2.05) is 17.0 Å².